The van der Waals surface area contributed by atoms with Crippen LogP contribution in [0.2, 0.25) is 0 Å². The molecule has 1 N–H and O–H groups in total. The summed E-state index contributed by atoms with van der Waals surface area (Å²) in [6.45, 7) is 6.03. The number of rotatable bonds is 5. The summed E-state index contributed by atoms with van der Waals surface area (Å²) < 4.78 is 5.65. The lowest BCUT2D eigenvalue weighted by Crippen LogP contribution is -2.46. The van der Waals surface area contributed by atoms with Crippen LogP contribution in [-0.4, -0.2) is 24.0 Å². The van der Waals surface area contributed by atoms with Gasteiger partial charge in [0.1, 0.15) is 12.1 Å². The Morgan fingerprint density at radius 2 is 2.14 bits per heavy atom. The molecule has 3 unspecified atom stereocenters. The van der Waals surface area contributed by atoms with E-state index in [9.17, 15) is 9.59 Å². The van der Waals surface area contributed by atoms with Gasteiger partial charge in [0.05, 0.1) is 4.88 Å². The molecule has 3 atom stereocenters. The minimum atomic E-state index is -0.591. The van der Waals surface area contributed by atoms with E-state index in [4.69, 9.17) is 4.74 Å². The zero-order valence-corrected chi connectivity index (χ0v) is 14.3. The quantitative estimate of drug-likeness (QED) is 0.842. The van der Waals surface area contributed by atoms with Gasteiger partial charge in [-0.15, -0.1) is 11.3 Å². The highest BCUT2D eigenvalue weighted by atomic mass is 32.1. The fourth-order valence-corrected chi connectivity index (χ4v) is 3.47. The van der Waals surface area contributed by atoms with Crippen LogP contribution >= 0.6 is 11.3 Å². The molecule has 1 aliphatic carbocycles. The summed E-state index contributed by atoms with van der Waals surface area (Å²) in [6, 6.07) is 2.99. The van der Waals surface area contributed by atoms with Crippen LogP contribution in [0.4, 0.5) is 0 Å². The van der Waals surface area contributed by atoms with Gasteiger partial charge in [0.25, 0.3) is 5.91 Å². The molecule has 1 aliphatic rings. The van der Waals surface area contributed by atoms with E-state index < -0.39 is 6.04 Å². The number of hydrogen-bond donors (Lipinski definition) is 1. The van der Waals surface area contributed by atoms with Gasteiger partial charge in [-0.05, 0) is 42.5 Å². The molecule has 1 amide bonds. The second kappa shape index (κ2) is 7.77. The summed E-state index contributed by atoms with van der Waals surface area (Å²) in [6.07, 6.45) is 4.16. The summed E-state index contributed by atoms with van der Waals surface area (Å²) in [7, 11) is 0. The van der Waals surface area contributed by atoms with Crippen molar-refractivity contribution in [2.75, 3.05) is 0 Å². The third kappa shape index (κ3) is 4.57. The van der Waals surface area contributed by atoms with Crippen LogP contribution in [0, 0.1) is 11.8 Å². The predicted octanol–water partition coefficient (Wildman–Crippen LogP) is 3.62. The molecule has 122 valence electrons. The van der Waals surface area contributed by atoms with Gasteiger partial charge in [0, 0.05) is 0 Å². The van der Waals surface area contributed by atoms with Gasteiger partial charge in [-0.3, -0.25) is 4.79 Å². The fraction of sp³-hybridized carbons (Fsp3) is 0.647. The van der Waals surface area contributed by atoms with E-state index in [1.165, 1.54) is 17.8 Å². The molecule has 1 aromatic rings. The number of amides is 1. The summed E-state index contributed by atoms with van der Waals surface area (Å²) in [4.78, 5) is 25.2. The standard InChI is InChI=1S/C17H25NO3S/c1-11(2)15(18-16(19)14-8-5-9-22-14)17(20)21-13-7-4-6-12(3)10-13/h5,8-9,11-13,15H,4,6-7,10H2,1-3H3,(H,18,19). The van der Waals surface area contributed by atoms with Crippen molar-refractivity contribution < 1.29 is 14.3 Å². The normalized spacial score (nSPS) is 23.1. The Kier molecular flexibility index (Phi) is 6.00. The molecule has 22 heavy (non-hydrogen) atoms. The van der Waals surface area contributed by atoms with Gasteiger partial charge in [-0.25, -0.2) is 4.79 Å². The van der Waals surface area contributed by atoms with Crippen molar-refractivity contribution in [3.63, 3.8) is 0 Å². The number of carbonyl (C=O) groups is 2. The van der Waals surface area contributed by atoms with Crippen LogP contribution in [0.3, 0.4) is 0 Å². The van der Waals surface area contributed by atoms with E-state index in [-0.39, 0.29) is 23.9 Å². The Morgan fingerprint density at radius 1 is 1.36 bits per heavy atom. The van der Waals surface area contributed by atoms with Crippen LogP contribution in [0.15, 0.2) is 17.5 Å². The fourth-order valence-electron chi connectivity index (χ4n) is 2.84. The van der Waals surface area contributed by atoms with Crippen LogP contribution in [-0.2, 0) is 9.53 Å². The third-order valence-corrected chi connectivity index (χ3v) is 4.99. The van der Waals surface area contributed by atoms with Crippen LogP contribution in [0.25, 0.3) is 0 Å². The van der Waals surface area contributed by atoms with E-state index >= 15 is 0 Å². The molecule has 0 bridgehead atoms. The zero-order chi connectivity index (χ0) is 16.1. The highest BCUT2D eigenvalue weighted by Crippen LogP contribution is 2.26. The number of nitrogens with one attached hydrogen (secondary N) is 1. The maximum Gasteiger partial charge on any atom is 0.329 e. The van der Waals surface area contributed by atoms with Crippen LogP contribution < -0.4 is 5.32 Å². The number of thiophene rings is 1. The van der Waals surface area contributed by atoms with Crippen molar-refractivity contribution in [1.82, 2.24) is 5.32 Å². The van der Waals surface area contributed by atoms with Crippen LogP contribution in [0.1, 0.15) is 56.1 Å². The zero-order valence-electron chi connectivity index (χ0n) is 13.5. The van der Waals surface area contributed by atoms with E-state index in [0.29, 0.717) is 10.8 Å². The average Bonchev–Trinajstić information content (AvgIpc) is 2.98. The van der Waals surface area contributed by atoms with Gasteiger partial charge in [0.15, 0.2) is 0 Å². The monoisotopic (exact) mass is 323 g/mol. The number of esters is 1. The first kappa shape index (κ1) is 17.0. The Morgan fingerprint density at radius 3 is 2.73 bits per heavy atom. The summed E-state index contributed by atoms with van der Waals surface area (Å²) >= 11 is 1.37. The van der Waals surface area contributed by atoms with Gasteiger partial charge in [-0.2, -0.15) is 0 Å². The van der Waals surface area contributed by atoms with Crippen LogP contribution in [0.5, 0.6) is 0 Å². The molecular formula is C17H25NO3S. The molecule has 0 saturated heterocycles. The Bertz CT molecular complexity index is 498. The van der Waals surface area contributed by atoms with Gasteiger partial charge >= 0.3 is 5.97 Å². The minimum Gasteiger partial charge on any atom is -0.461 e. The number of carbonyl (C=O) groups excluding carboxylic acids is 2. The second-order valence-electron chi connectivity index (χ2n) is 6.50. The van der Waals surface area contributed by atoms with Crippen molar-refractivity contribution >= 4 is 23.2 Å². The minimum absolute atomic E-state index is 0.00238. The lowest BCUT2D eigenvalue weighted by atomic mass is 9.88. The largest absolute Gasteiger partial charge is 0.461 e. The molecule has 2 rings (SSSR count). The maximum atomic E-state index is 12.4. The Hall–Kier alpha value is -1.36. The summed E-state index contributed by atoms with van der Waals surface area (Å²) in [5, 5.41) is 4.66. The molecule has 0 aromatic carbocycles. The molecule has 4 nitrogen and oxygen atoms in total. The first-order valence-electron chi connectivity index (χ1n) is 8.02. The molecule has 1 saturated carbocycles. The molecule has 5 heteroatoms. The lowest BCUT2D eigenvalue weighted by Gasteiger charge is -2.29. The topological polar surface area (TPSA) is 55.4 Å². The molecule has 1 fully saturated rings. The van der Waals surface area contributed by atoms with E-state index in [2.05, 4.69) is 12.2 Å². The highest BCUT2D eigenvalue weighted by molar-refractivity contribution is 7.12. The second-order valence-corrected chi connectivity index (χ2v) is 7.45. The third-order valence-electron chi connectivity index (χ3n) is 4.12. The number of hydrogen-bond acceptors (Lipinski definition) is 4. The molecule has 1 heterocycles. The Labute approximate surface area is 136 Å². The van der Waals surface area contributed by atoms with Crippen molar-refractivity contribution in [2.24, 2.45) is 11.8 Å². The first-order chi connectivity index (χ1) is 10.5. The van der Waals surface area contributed by atoms with Gasteiger partial charge < -0.3 is 10.1 Å². The SMILES string of the molecule is CC1CCCC(OC(=O)C(NC(=O)c2cccs2)C(C)C)C1. The van der Waals surface area contributed by atoms with Gasteiger partial charge in [0.2, 0.25) is 0 Å². The van der Waals surface area contributed by atoms with E-state index in [1.807, 2.05) is 25.3 Å². The van der Waals surface area contributed by atoms with E-state index in [0.717, 1.165) is 19.3 Å². The molecule has 1 aromatic heterocycles. The highest BCUT2D eigenvalue weighted by Gasteiger charge is 2.30. The first-order valence-corrected chi connectivity index (χ1v) is 8.90. The molecule has 0 spiro atoms. The molecule has 0 aliphatic heterocycles. The average molecular weight is 323 g/mol. The maximum absolute atomic E-state index is 12.4. The van der Waals surface area contributed by atoms with Crippen molar-refractivity contribution in [1.29, 1.82) is 0 Å². The van der Waals surface area contributed by atoms with Crippen molar-refractivity contribution in [3.8, 4) is 0 Å². The van der Waals surface area contributed by atoms with E-state index in [1.54, 1.807) is 6.07 Å². The van der Waals surface area contributed by atoms with Crippen molar-refractivity contribution in [2.45, 2.75) is 58.6 Å². The van der Waals surface area contributed by atoms with Gasteiger partial charge in [-0.1, -0.05) is 33.3 Å². The molecule has 0 radical (unpaired) electrons. The number of ether oxygens (including phenoxy) is 1. The summed E-state index contributed by atoms with van der Waals surface area (Å²) in [5.74, 6) is 0.0869. The summed E-state index contributed by atoms with van der Waals surface area (Å²) in [5.41, 5.74) is 0. The Balaban J connectivity index is 1.95. The predicted molar refractivity (Wildman–Crippen MR) is 87.9 cm³/mol. The smallest absolute Gasteiger partial charge is 0.329 e. The van der Waals surface area contributed by atoms with Crippen molar-refractivity contribution in [3.05, 3.63) is 22.4 Å². The molecular weight excluding hydrogens is 298 g/mol. The lowest BCUT2D eigenvalue weighted by molar-refractivity contribution is -0.154.